The van der Waals surface area contributed by atoms with E-state index in [9.17, 15) is 13.9 Å². The molecule has 1 aromatic heterocycles. The maximum Gasteiger partial charge on any atom is 0.133 e. The summed E-state index contributed by atoms with van der Waals surface area (Å²) in [6.45, 7) is 1.67. The van der Waals surface area contributed by atoms with Crippen LogP contribution in [0, 0.1) is 11.6 Å². The molecule has 0 saturated carbocycles. The number of rotatable bonds is 3. The summed E-state index contributed by atoms with van der Waals surface area (Å²) in [5.74, 6) is -2.06. The molecule has 0 aliphatic rings. The van der Waals surface area contributed by atoms with Gasteiger partial charge in [0.25, 0.3) is 0 Å². The second kappa shape index (κ2) is 5.75. The molecule has 2 atom stereocenters. The molecule has 0 amide bonds. The lowest BCUT2D eigenvalue weighted by Gasteiger charge is -2.20. The van der Waals surface area contributed by atoms with Gasteiger partial charge in [0.1, 0.15) is 11.6 Å². The molecule has 0 saturated heterocycles. The molecule has 0 aliphatic carbocycles. The van der Waals surface area contributed by atoms with Gasteiger partial charge in [-0.15, -0.1) is 0 Å². The van der Waals surface area contributed by atoms with Gasteiger partial charge in [-0.25, -0.2) is 8.78 Å². The average Bonchev–Trinajstić information content (AvgIpc) is 2.37. The topological polar surface area (TPSA) is 33.1 Å². The van der Waals surface area contributed by atoms with Crippen molar-refractivity contribution in [1.82, 2.24) is 4.98 Å². The number of benzene rings is 1. The minimum Gasteiger partial charge on any atom is -0.388 e. The first-order valence-electron chi connectivity index (χ1n) is 5.74. The van der Waals surface area contributed by atoms with Gasteiger partial charge in [-0.2, -0.15) is 0 Å². The van der Waals surface area contributed by atoms with Gasteiger partial charge in [0, 0.05) is 22.3 Å². The fourth-order valence-corrected chi connectivity index (χ4v) is 2.29. The van der Waals surface area contributed by atoms with Gasteiger partial charge in [-0.05, 0) is 24.3 Å². The third-order valence-corrected chi connectivity index (χ3v) is 3.43. The van der Waals surface area contributed by atoms with Crippen molar-refractivity contribution in [2.24, 2.45) is 0 Å². The van der Waals surface area contributed by atoms with Crippen LogP contribution in [0.4, 0.5) is 8.78 Å². The summed E-state index contributed by atoms with van der Waals surface area (Å²) in [7, 11) is 0. The van der Waals surface area contributed by atoms with E-state index < -0.39 is 23.7 Å². The Morgan fingerprint density at radius 1 is 1.21 bits per heavy atom. The van der Waals surface area contributed by atoms with E-state index in [-0.39, 0.29) is 5.56 Å². The van der Waals surface area contributed by atoms with Crippen molar-refractivity contribution >= 4 is 15.9 Å². The summed E-state index contributed by atoms with van der Waals surface area (Å²) in [6.07, 6.45) is 0.287. The van der Waals surface area contributed by atoms with Crippen LogP contribution >= 0.6 is 15.9 Å². The lowest BCUT2D eigenvalue weighted by Crippen LogP contribution is -2.12. The highest BCUT2D eigenvalue weighted by atomic mass is 79.9. The molecule has 2 aromatic rings. The first-order valence-corrected chi connectivity index (χ1v) is 6.53. The van der Waals surface area contributed by atoms with Crippen molar-refractivity contribution in [3.8, 4) is 0 Å². The monoisotopic (exact) mass is 327 g/mol. The molecule has 0 fully saturated rings. The van der Waals surface area contributed by atoms with Crippen LogP contribution in [0.1, 0.15) is 30.2 Å². The van der Waals surface area contributed by atoms with Crippen molar-refractivity contribution < 1.29 is 13.9 Å². The highest BCUT2D eigenvalue weighted by molar-refractivity contribution is 9.10. The summed E-state index contributed by atoms with van der Waals surface area (Å²) in [6, 6.07) is 7.48. The zero-order valence-corrected chi connectivity index (χ0v) is 11.7. The first kappa shape index (κ1) is 14.1. The molecule has 2 unspecified atom stereocenters. The normalized spacial score (nSPS) is 14.2. The van der Waals surface area contributed by atoms with Crippen LogP contribution in [0.3, 0.4) is 0 Å². The Kier molecular flexibility index (Phi) is 4.27. The lowest BCUT2D eigenvalue weighted by atomic mass is 9.93. The fraction of sp³-hybridized carbons (Fsp3) is 0.214. The van der Waals surface area contributed by atoms with E-state index in [4.69, 9.17) is 0 Å². The molecule has 1 aromatic carbocycles. The Hall–Kier alpha value is -1.33. The second-order valence-corrected chi connectivity index (χ2v) is 5.19. The zero-order chi connectivity index (χ0) is 14.0. The Morgan fingerprint density at radius 2 is 1.84 bits per heavy atom. The average molecular weight is 328 g/mol. The highest BCUT2D eigenvalue weighted by Crippen LogP contribution is 2.33. The smallest absolute Gasteiger partial charge is 0.133 e. The molecule has 1 heterocycles. The molecule has 5 heteroatoms. The van der Waals surface area contributed by atoms with E-state index in [0.29, 0.717) is 10.2 Å². The van der Waals surface area contributed by atoms with Crippen LogP contribution < -0.4 is 0 Å². The number of aliphatic hydroxyl groups is 1. The minimum atomic E-state index is -1.29. The highest BCUT2D eigenvalue weighted by Gasteiger charge is 2.25. The number of nitrogens with zero attached hydrogens (tertiary/aromatic N) is 1. The van der Waals surface area contributed by atoms with Crippen molar-refractivity contribution in [1.29, 1.82) is 0 Å². The van der Waals surface area contributed by atoms with Gasteiger partial charge >= 0.3 is 0 Å². The van der Waals surface area contributed by atoms with Gasteiger partial charge in [-0.1, -0.05) is 28.9 Å². The van der Waals surface area contributed by atoms with Gasteiger partial charge in [0.05, 0.1) is 11.7 Å². The third kappa shape index (κ3) is 2.98. The Balaban J connectivity index is 2.37. The number of aliphatic hydroxyl groups excluding tert-OH is 1. The van der Waals surface area contributed by atoms with Crippen LogP contribution in [0.25, 0.3) is 0 Å². The maximum atomic E-state index is 13.8. The van der Waals surface area contributed by atoms with Crippen LogP contribution in [0.2, 0.25) is 0 Å². The largest absolute Gasteiger partial charge is 0.388 e. The molecule has 0 aliphatic heterocycles. The molecule has 2 nitrogen and oxygen atoms in total. The van der Waals surface area contributed by atoms with E-state index in [1.54, 1.807) is 31.3 Å². The number of hydrogen-bond donors (Lipinski definition) is 1. The van der Waals surface area contributed by atoms with E-state index in [2.05, 4.69) is 20.9 Å². The number of halogens is 3. The van der Waals surface area contributed by atoms with Crippen LogP contribution in [-0.2, 0) is 0 Å². The van der Waals surface area contributed by atoms with E-state index in [1.807, 2.05) is 0 Å². The lowest BCUT2D eigenvalue weighted by molar-refractivity contribution is 0.141. The van der Waals surface area contributed by atoms with Gasteiger partial charge in [0.2, 0.25) is 0 Å². The molecule has 19 heavy (non-hydrogen) atoms. The predicted octanol–water partition coefficient (Wildman–Crippen LogP) is 3.96. The van der Waals surface area contributed by atoms with Crippen molar-refractivity contribution in [2.75, 3.05) is 0 Å². The van der Waals surface area contributed by atoms with E-state index >= 15 is 0 Å². The van der Waals surface area contributed by atoms with Crippen LogP contribution in [0.5, 0.6) is 0 Å². The number of pyridine rings is 1. The molecular formula is C14H12BrF2NO. The number of hydrogen-bond acceptors (Lipinski definition) is 2. The molecule has 0 spiro atoms. The molecule has 0 radical (unpaired) electrons. The summed E-state index contributed by atoms with van der Waals surface area (Å²) in [5, 5.41) is 10.2. The Bertz CT molecular complexity index is 554. The summed E-state index contributed by atoms with van der Waals surface area (Å²) >= 11 is 3.00. The van der Waals surface area contributed by atoms with E-state index in [0.717, 1.165) is 12.1 Å². The van der Waals surface area contributed by atoms with Crippen molar-refractivity contribution in [3.05, 3.63) is 63.9 Å². The van der Waals surface area contributed by atoms with Crippen molar-refractivity contribution in [2.45, 2.75) is 18.9 Å². The van der Waals surface area contributed by atoms with Gasteiger partial charge < -0.3 is 5.11 Å². The number of aromatic nitrogens is 1. The minimum absolute atomic E-state index is 0.295. The quantitative estimate of drug-likeness (QED) is 0.925. The zero-order valence-electron chi connectivity index (χ0n) is 10.1. The predicted molar refractivity (Wildman–Crippen MR) is 71.7 cm³/mol. The summed E-state index contributed by atoms with van der Waals surface area (Å²) < 4.78 is 27.9. The van der Waals surface area contributed by atoms with Gasteiger partial charge in [-0.3, -0.25) is 4.98 Å². The molecule has 0 bridgehead atoms. The van der Waals surface area contributed by atoms with Crippen LogP contribution in [-0.4, -0.2) is 10.1 Å². The Labute approximate surface area is 118 Å². The molecular weight excluding hydrogens is 316 g/mol. The third-order valence-electron chi connectivity index (χ3n) is 2.97. The summed E-state index contributed by atoms with van der Waals surface area (Å²) in [4.78, 5) is 4.09. The van der Waals surface area contributed by atoms with Crippen molar-refractivity contribution in [3.63, 3.8) is 0 Å². The van der Waals surface area contributed by atoms with Gasteiger partial charge in [0.15, 0.2) is 0 Å². The molecule has 1 N–H and O–H groups in total. The second-order valence-electron chi connectivity index (χ2n) is 4.27. The molecule has 2 rings (SSSR count). The maximum absolute atomic E-state index is 13.8. The molecule has 100 valence electrons. The van der Waals surface area contributed by atoms with Crippen LogP contribution in [0.15, 0.2) is 41.0 Å². The fourth-order valence-electron chi connectivity index (χ4n) is 1.89. The first-order chi connectivity index (χ1) is 9.00. The standard InChI is InChI=1S/C14H12BrF2NO/c1-8(12-4-2-3-5-18-12)14(19)13-10(16)6-9(15)7-11(13)17/h2-8,14,19H,1H3. The summed E-state index contributed by atoms with van der Waals surface area (Å²) in [5.41, 5.74) is 0.248. The SMILES string of the molecule is CC(c1ccccn1)C(O)c1c(F)cc(Br)cc1F. The Morgan fingerprint density at radius 3 is 2.37 bits per heavy atom. The van der Waals surface area contributed by atoms with E-state index in [1.165, 1.54) is 0 Å².